The van der Waals surface area contributed by atoms with Crippen LogP contribution in [0.1, 0.15) is 38.6 Å². The van der Waals surface area contributed by atoms with Crippen LogP contribution in [0, 0.1) is 6.92 Å². The second-order valence-corrected chi connectivity index (χ2v) is 5.74. The lowest BCUT2D eigenvalue weighted by Crippen LogP contribution is -2.10. The molecule has 0 aromatic carbocycles. The van der Waals surface area contributed by atoms with Crippen molar-refractivity contribution in [1.29, 1.82) is 0 Å². The fourth-order valence-corrected chi connectivity index (χ4v) is 2.34. The van der Waals surface area contributed by atoms with E-state index in [1.807, 2.05) is 13.8 Å². The van der Waals surface area contributed by atoms with Crippen LogP contribution in [0.15, 0.2) is 5.03 Å². The van der Waals surface area contributed by atoms with Crippen molar-refractivity contribution in [3.8, 4) is 0 Å². The Bertz CT molecular complexity index is 385. The highest BCUT2D eigenvalue weighted by Crippen LogP contribution is 2.28. The van der Waals surface area contributed by atoms with Gasteiger partial charge in [0.2, 0.25) is 0 Å². The third-order valence-electron chi connectivity index (χ3n) is 2.58. The number of hydrogen-bond donors (Lipinski definition) is 2. The fraction of sp³-hybridized carbons (Fsp3) is 0.692. The lowest BCUT2D eigenvalue weighted by molar-refractivity contribution is 0.300. The molecule has 5 heteroatoms. The van der Waals surface area contributed by atoms with E-state index in [2.05, 4.69) is 29.1 Å². The molecule has 2 N–H and O–H groups in total. The minimum absolute atomic E-state index is 0.155. The molecule has 1 aromatic heterocycles. The topological polar surface area (TPSA) is 58.0 Å². The molecular weight excluding hydrogens is 246 g/mol. The van der Waals surface area contributed by atoms with E-state index in [-0.39, 0.29) is 11.9 Å². The molecule has 0 aliphatic carbocycles. The summed E-state index contributed by atoms with van der Waals surface area (Å²) in [7, 11) is 0. The normalized spacial score (nSPS) is 12.5. The van der Waals surface area contributed by atoms with Gasteiger partial charge in [0, 0.05) is 23.8 Å². The first-order valence-corrected chi connectivity index (χ1v) is 7.39. The molecule has 1 aromatic rings. The Morgan fingerprint density at radius 3 is 2.61 bits per heavy atom. The van der Waals surface area contributed by atoms with Crippen LogP contribution in [0.5, 0.6) is 0 Å². The van der Waals surface area contributed by atoms with E-state index in [1.165, 1.54) is 0 Å². The van der Waals surface area contributed by atoms with Crippen molar-refractivity contribution in [2.75, 3.05) is 18.5 Å². The van der Waals surface area contributed by atoms with Crippen LogP contribution in [0.2, 0.25) is 0 Å². The Balaban J connectivity index is 3.00. The van der Waals surface area contributed by atoms with Gasteiger partial charge in [-0.1, -0.05) is 20.8 Å². The van der Waals surface area contributed by atoms with Gasteiger partial charge < -0.3 is 10.4 Å². The molecule has 0 spiro atoms. The van der Waals surface area contributed by atoms with Crippen LogP contribution < -0.4 is 5.32 Å². The number of thioether (sulfide) groups is 1. The number of nitrogens with zero attached hydrogens (tertiary/aromatic N) is 2. The van der Waals surface area contributed by atoms with Crippen molar-refractivity contribution in [3.63, 3.8) is 0 Å². The molecule has 0 saturated carbocycles. The summed E-state index contributed by atoms with van der Waals surface area (Å²) in [6.45, 7) is 9.29. The molecular formula is C13H23N3OS. The van der Waals surface area contributed by atoms with E-state index < -0.39 is 0 Å². The molecule has 0 aliphatic heterocycles. The van der Waals surface area contributed by atoms with E-state index >= 15 is 0 Å². The van der Waals surface area contributed by atoms with Crippen molar-refractivity contribution < 1.29 is 5.11 Å². The number of aliphatic hydroxyl groups excluding tert-OH is 1. The number of aromatic nitrogens is 2. The van der Waals surface area contributed by atoms with E-state index in [9.17, 15) is 0 Å². The Kier molecular flexibility index (Phi) is 6.43. The SMILES string of the molecule is CCCNc1nc(CC)nc(SC(C)CO)c1C. The van der Waals surface area contributed by atoms with Crippen LogP contribution in [0.25, 0.3) is 0 Å². The Morgan fingerprint density at radius 1 is 1.33 bits per heavy atom. The first kappa shape index (κ1) is 15.2. The maximum atomic E-state index is 9.14. The highest BCUT2D eigenvalue weighted by Gasteiger charge is 2.13. The monoisotopic (exact) mass is 269 g/mol. The fourth-order valence-electron chi connectivity index (χ4n) is 1.46. The summed E-state index contributed by atoms with van der Waals surface area (Å²) in [5.74, 6) is 1.78. The third kappa shape index (κ3) is 4.14. The molecule has 1 atom stereocenters. The summed E-state index contributed by atoms with van der Waals surface area (Å²) < 4.78 is 0. The zero-order valence-corrected chi connectivity index (χ0v) is 12.5. The quantitative estimate of drug-likeness (QED) is 0.588. The zero-order valence-electron chi connectivity index (χ0n) is 11.7. The first-order valence-electron chi connectivity index (χ1n) is 6.51. The number of nitrogens with one attached hydrogen (secondary N) is 1. The Morgan fingerprint density at radius 2 is 2.06 bits per heavy atom. The van der Waals surface area contributed by atoms with Crippen LogP contribution in [0.4, 0.5) is 5.82 Å². The molecule has 0 amide bonds. The largest absolute Gasteiger partial charge is 0.395 e. The molecule has 0 aliphatic rings. The minimum Gasteiger partial charge on any atom is -0.395 e. The van der Waals surface area contributed by atoms with Gasteiger partial charge in [-0.2, -0.15) is 0 Å². The van der Waals surface area contributed by atoms with Crippen LogP contribution in [0.3, 0.4) is 0 Å². The van der Waals surface area contributed by atoms with Gasteiger partial charge in [-0.3, -0.25) is 0 Å². The van der Waals surface area contributed by atoms with Gasteiger partial charge in [-0.25, -0.2) is 9.97 Å². The van der Waals surface area contributed by atoms with Crippen LogP contribution >= 0.6 is 11.8 Å². The summed E-state index contributed by atoms with van der Waals surface area (Å²) in [5, 5.41) is 13.6. The summed E-state index contributed by atoms with van der Waals surface area (Å²) >= 11 is 1.61. The summed E-state index contributed by atoms with van der Waals surface area (Å²) in [4.78, 5) is 9.07. The molecule has 1 rings (SSSR count). The van der Waals surface area contributed by atoms with E-state index in [4.69, 9.17) is 5.11 Å². The molecule has 1 heterocycles. The molecule has 1 unspecified atom stereocenters. The summed E-state index contributed by atoms with van der Waals surface area (Å²) in [5.41, 5.74) is 1.07. The van der Waals surface area contributed by atoms with Gasteiger partial charge in [-0.15, -0.1) is 11.8 Å². The van der Waals surface area contributed by atoms with Crippen molar-refractivity contribution in [2.45, 2.75) is 50.8 Å². The molecule has 0 fully saturated rings. The second kappa shape index (κ2) is 7.59. The number of aryl methyl sites for hydroxylation is 1. The maximum Gasteiger partial charge on any atom is 0.133 e. The average Bonchev–Trinajstić information content (AvgIpc) is 2.39. The predicted molar refractivity (Wildman–Crippen MR) is 77.3 cm³/mol. The van der Waals surface area contributed by atoms with Crippen molar-refractivity contribution in [1.82, 2.24) is 9.97 Å². The zero-order chi connectivity index (χ0) is 13.5. The van der Waals surface area contributed by atoms with Gasteiger partial charge in [0.25, 0.3) is 0 Å². The van der Waals surface area contributed by atoms with Gasteiger partial charge in [0.15, 0.2) is 0 Å². The van der Waals surface area contributed by atoms with E-state index in [0.717, 1.165) is 41.6 Å². The highest BCUT2D eigenvalue weighted by atomic mass is 32.2. The van der Waals surface area contributed by atoms with Crippen LogP contribution in [-0.2, 0) is 6.42 Å². The first-order chi connectivity index (χ1) is 8.62. The summed E-state index contributed by atoms with van der Waals surface area (Å²) in [6.07, 6.45) is 1.89. The number of aliphatic hydroxyl groups is 1. The second-order valence-electron chi connectivity index (χ2n) is 4.31. The number of anilines is 1. The standard InChI is InChI=1S/C13H23N3OS/c1-5-7-14-12-10(4)13(18-9(3)8-17)16-11(6-2)15-12/h9,17H,5-8H2,1-4H3,(H,14,15,16). The average molecular weight is 269 g/mol. The Hall–Kier alpha value is -0.810. The predicted octanol–water partition coefficient (Wildman–Crippen LogP) is 2.64. The van der Waals surface area contributed by atoms with Crippen molar-refractivity contribution >= 4 is 17.6 Å². The number of hydrogen-bond acceptors (Lipinski definition) is 5. The van der Waals surface area contributed by atoms with Crippen LogP contribution in [-0.4, -0.2) is 33.5 Å². The molecule has 0 bridgehead atoms. The molecule has 18 heavy (non-hydrogen) atoms. The van der Waals surface area contributed by atoms with E-state index in [1.54, 1.807) is 11.8 Å². The maximum absolute atomic E-state index is 9.14. The molecule has 0 saturated heterocycles. The minimum atomic E-state index is 0.155. The van der Waals surface area contributed by atoms with E-state index in [0.29, 0.717) is 0 Å². The Labute approximate surface area is 114 Å². The third-order valence-corrected chi connectivity index (χ3v) is 3.75. The lowest BCUT2D eigenvalue weighted by Gasteiger charge is -2.14. The van der Waals surface area contributed by atoms with Gasteiger partial charge in [0.1, 0.15) is 16.7 Å². The van der Waals surface area contributed by atoms with Gasteiger partial charge >= 0.3 is 0 Å². The smallest absolute Gasteiger partial charge is 0.133 e. The number of rotatable bonds is 7. The lowest BCUT2D eigenvalue weighted by atomic mass is 10.3. The van der Waals surface area contributed by atoms with Crippen molar-refractivity contribution in [2.24, 2.45) is 0 Å². The van der Waals surface area contributed by atoms with Crippen molar-refractivity contribution in [3.05, 3.63) is 11.4 Å². The molecule has 102 valence electrons. The molecule has 0 radical (unpaired) electrons. The van der Waals surface area contributed by atoms with Gasteiger partial charge in [0.05, 0.1) is 6.61 Å². The molecule has 4 nitrogen and oxygen atoms in total. The van der Waals surface area contributed by atoms with Gasteiger partial charge in [-0.05, 0) is 13.3 Å². The highest BCUT2D eigenvalue weighted by molar-refractivity contribution is 7.99. The summed E-state index contributed by atoms with van der Waals surface area (Å²) in [6, 6.07) is 0.